The molecule has 0 spiro atoms. The molecule has 0 aromatic heterocycles. The average Bonchev–Trinajstić information content (AvgIpc) is 2.49. The first-order valence-corrected chi connectivity index (χ1v) is 10.3. The minimum atomic E-state index is -3.21. The highest BCUT2D eigenvalue weighted by molar-refractivity contribution is 7.92. The molecule has 5 heteroatoms. The fourth-order valence-electron chi connectivity index (χ4n) is 2.27. The molecule has 0 fully saturated rings. The van der Waals surface area contributed by atoms with Gasteiger partial charge < -0.3 is 0 Å². The van der Waals surface area contributed by atoms with Crippen molar-refractivity contribution >= 4 is 21.8 Å². The Bertz CT molecular complexity index is 557. The molecule has 0 heterocycles. The zero-order valence-corrected chi connectivity index (χ0v) is 15.4. The second-order valence-electron chi connectivity index (χ2n) is 5.91. The predicted octanol–water partition coefficient (Wildman–Crippen LogP) is 3.97. The number of unbranched alkanes of at least 4 members (excludes halogenated alkanes) is 2. The Morgan fingerprint density at radius 2 is 1.61 bits per heavy atom. The van der Waals surface area contributed by atoms with Crippen molar-refractivity contribution in [2.45, 2.75) is 39.5 Å². The van der Waals surface area contributed by atoms with Crippen molar-refractivity contribution in [1.29, 1.82) is 0 Å². The minimum absolute atomic E-state index is 0.595. The number of hydrogen-bond donors (Lipinski definition) is 1. The standard InChI is InChI=1S/C18H30N2O2S/c1-4-6-14-20(15-7-5-2)16-8-9-17-10-12-18(13-11-17)19-23(3,21)22/h8-13,19H,4-7,14-16H2,1-3H3. The van der Waals surface area contributed by atoms with Crippen LogP contribution in [0.15, 0.2) is 30.3 Å². The molecule has 0 aliphatic rings. The number of hydrogen-bond acceptors (Lipinski definition) is 3. The summed E-state index contributed by atoms with van der Waals surface area (Å²) in [6, 6.07) is 7.41. The number of anilines is 1. The Kier molecular flexibility index (Phi) is 8.95. The lowest BCUT2D eigenvalue weighted by Gasteiger charge is -2.19. The molecule has 0 saturated carbocycles. The molecule has 0 amide bonds. The second-order valence-corrected chi connectivity index (χ2v) is 7.65. The molecule has 130 valence electrons. The lowest BCUT2D eigenvalue weighted by Crippen LogP contribution is -2.26. The highest BCUT2D eigenvalue weighted by Crippen LogP contribution is 2.12. The van der Waals surface area contributed by atoms with Gasteiger partial charge in [0.2, 0.25) is 10.0 Å². The van der Waals surface area contributed by atoms with Crippen molar-refractivity contribution in [1.82, 2.24) is 4.90 Å². The first kappa shape index (κ1) is 19.7. The van der Waals surface area contributed by atoms with E-state index in [4.69, 9.17) is 0 Å². The van der Waals surface area contributed by atoms with Gasteiger partial charge in [-0.2, -0.15) is 0 Å². The quantitative estimate of drug-likeness (QED) is 0.664. The van der Waals surface area contributed by atoms with Gasteiger partial charge in [0.15, 0.2) is 0 Å². The Labute approximate surface area is 141 Å². The Morgan fingerprint density at radius 1 is 1.04 bits per heavy atom. The summed E-state index contributed by atoms with van der Waals surface area (Å²) in [5.41, 5.74) is 1.67. The van der Waals surface area contributed by atoms with Crippen LogP contribution >= 0.6 is 0 Å². The molecule has 1 aromatic carbocycles. The maximum atomic E-state index is 11.2. The highest BCUT2D eigenvalue weighted by Gasteiger charge is 2.02. The number of nitrogens with one attached hydrogen (secondary N) is 1. The second kappa shape index (κ2) is 10.4. The summed E-state index contributed by atoms with van der Waals surface area (Å²) in [5.74, 6) is 0. The first-order chi connectivity index (χ1) is 10.9. The monoisotopic (exact) mass is 338 g/mol. The van der Waals surface area contributed by atoms with Gasteiger partial charge >= 0.3 is 0 Å². The van der Waals surface area contributed by atoms with Crippen LogP contribution in [0.3, 0.4) is 0 Å². The Balaban J connectivity index is 2.54. The van der Waals surface area contributed by atoms with Crippen molar-refractivity contribution < 1.29 is 8.42 Å². The predicted molar refractivity (Wildman–Crippen MR) is 100 cm³/mol. The molecule has 1 N–H and O–H groups in total. The van der Waals surface area contributed by atoms with Crippen LogP contribution < -0.4 is 4.72 Å². The number of rotatable bonds is 11. The van der Waals surface area contributed by atoms with Gasteiger partial charge in [-0.3, -0.25) is 9.62 Å². The molecule has 4 nitrogen and oxygen atoms in total. The van der Waals surface area contributed by atoms with Crippen molar-refractivity contribution in [3.63, 3.8) is 0 Å². The average molecular weight is 339 g/mol. The molecule has 0 aliphatic heterocycles. The van der Waals surface area contributed by atoms with Crippen molar-refractivity contribution in [2.75, 3.05) is 30.6 Å². The highest BCUT2D eigenvalue weighted by atomic mass is 32.2. The SMILES string of the molecule is CCCCN(CC=Cc1ccc(NS(C)(=O)=O)cc1)CCCC. The van der Waals surface area contributed by atoms with Crippen molar-refractivity contribution in [3.05, 3.63) is 35.9 Å². The summed E-state index contributed by atoms with van der Waals surface area (Å²) >= 11 is 0. The van der Waals surface area contributed by atoms with E-state index in [0.29, 0.717) is 5.69 Å². The molecule has 0 radical (unpaired) electrons. The van der Waals surface area contributed by atoms with Gasteiger partial charge in [0.25, 0.3) is 0 Å². The molecule has 0 atom stereocenters. The van der Waals surface area contributed by atoms with Crippen LogP contribution in [0.1, 0.15) is 45.1 Å². The van der Waals surface area contributed by atoms with Gasteiger partial charge in [0, 0.05) is 12.2 Å². The fraction of sp³-hybridized carbons (Fsp3) is 0.556. The van der Waals surface area contributed by atoms with Crippen LogP contribution in [0.25, 0.3) is 6.08 Å². The van der Waals surface area contributed by atoms with Crippen LogP contribution in [0.2, 0.25) is 0 Å². The zero-order chi connectivity index (χ0) is 17.1. The topological polar surface area (TPSA) is 49.4 Å². The van der Waals surface area contributed by atoms with E-state index in [9.17, 15) is 8.42 Å². The van der Waals surface area contributed by atoms with E-state index in [1.165, 1.54) is 25.7 Å². The lowest BCUT2D eigenvalue weighted by molar-refractivity contribution is 0.293. The maximum Gasteiger partial charge on any atom is 0.229 e. The van der Waals surface area contributed by atoms with Crippen LogP contribution in [-0.4, -0.2) is 39.2 Å². The van der Waals surface area contributed by atoms with Gasteiger partial charge in [0.1, 0.15) is 0 Å². The van der Waals surface area contributed by atoms with Crippen LogP contribution in [-0.2, 0) is 10.0 Å². The Hall–Kier alpha value is -1.33. The summed E-state index contributed by atoms with van der Waals surface area (Å²) in [5, 5.41) is 0. The summed E-state index contributed by atoms with van der Waals surface area (Å²) in [6.45, 7) is 7.71. The molecule has 1 aromatic rings. The lowest BCUT2D eigenvalue weighted by atomic mass is 10.2. The third kappa shape index (κ3) is 9.41. The van der Waals surface area contributed by atoms with E-state index in [0.717, 1.165) is 31.5 Å². The van der Waals surface area contributed by atoms with Gasteiger partial charge in [-0.25, -0.2) is 8.42 Å². The van der Waals surface area contributed by atoms with E-state index < -0.39 is 10.0 Å². The Morgan fingerprint density at radius 3 is 2.09 bits per heavy atom. The van der Waals surface area contributed by atoms with E-state index in [-0.39, 0.29) is 0 Å². The molecule has 1 rings (SSSR count). The van der Waals surface area contributed by atoms with E-state index in [2.05, 4.69) is 35.6 Å². The normalized spacial score (nSPS) is 12.2. The van der Waals surface area contributed by atoms with Gasteiger partial charge in [0.05, 0.1) is 6.26 Å². The maximum absolute atomic E-state index is 11.2. The van der Waals surface area contributed by atoms with E-state index >= 15 is 0 Å². The van der Waals surface area contributed by atoms with E-state index in [1.54, 1.807) is 12.1 Å². The van der Waals surface area contributed by atoms with Crippen LogP contribution in [0.4, 0.5) is 5.69 Å². The summed E-state index contributed by atoms with van der Waals surface area (Å²) in [4.78, 5) is 2.49. The molecule has 23 heavy (non-hydrogen) atoms. The van der Waals surface area contributed by atoms with Gasteiger partial charge in [-0.1, -0.05) is 51.0 Å². The molecule has 0 unspecified atom stereocenters. The molecule has 0 aliphatic carbocycles. The number of benzene rings is 1. The van der Waals surface area contributed by atoms with Crippen LogP contribution in [0, 0.1) is 0 Å². The van der Waals surface area contributed by atoms with Crippen LogP contribution in [0.5, 0.6) is 0 Å². The first-order valence-electron chi connectivity index (χ1n) is 8.41. The molecular formula is C18H30N2O2S. The van der Waals surface area contributed by atoms with Gasteiger partial charge in [-0.15, -0.1) is 0 Å². The summed E-state index contributed by atoms with van der Waals surface area (Å²) < 4.78 is 24.8. The molecular weight excluding hydrogens is 308 g/mol. The largest absolute Gasteiger partial charge is 0.300 e. The number of nitrogens with zero attached hydrogens (tertiary/aromatic N) is 1. The number of sulfonamides is 1. The summed E-state index contributed by atoms with van der Waals surface area (Å²) in [6.07, 6.45) is 10.4. The minimum Gasteiger partial charge on any atom is -0.300 e. The van der Waals surface area contributed by atoms with Crippen molar-refractivity contribution in [3.8, 4) is 0 Å². The van der Waals surface area contributed by atoms with E-state index in [1.807, 2.05) is 12.1 Å². The molecule has 0 saturated heterocycles. The third-order valence-corrected chi connectivity index (χ3v) is 4.15. The zero-order valence-electron chi connectivity index (χ0n) is 14.6. The molecule has 0 bridgehead atoms. The summed E-state index contributed by atoms with van der Waals surface area (Å²) in [7, 11) is -3.21. The fourth-order valence-corrected chi connectivity index (χ4v) is 2.84. The smallest absolute Gasteiger partial charge is 0.229 e. The van der Waals surface area contributed by atoms with Gasteiger partial charge in [-0.05, 0) is 43.6 Å². The third-order valence-electron chi connectivity index (χ3n) is 3.54. The van der Waals surface area contributed by atoms with Crippen molar-refractivity contribution in [2.24, 2.45) is 0 Å².